The summed E-state index contributed by atoms with van der Waals surface area (Å²) in [5.41, 5.74) is 1.89. The van der Waals surface area contributed by atoms with E-state index in [0.717, 1.165) is 5.69 Å². The lowest BCUT2D eigenvalue weighted by Gasteiger charge is -2.03. The van der Waals surface area contributed by atoms with Crippen LogP contribution in [-0.2, 0) is 4.79 Å². The maximum Gasteiger partial charge on any atom is 0.269 e. The first-order valence-corrected chi connectivity index (χ1v) is 5.92. The largest absolute Gasteiger partial charge is 0.361 e. The number of hydrogen-bond donors (Lipinski definition) is 1. The summed E-state index contributed by atoms with van der Waals surface area (Å²) >= 11 is 0. The van der Waals surface area contributed by atoms with Crippen molar-refractivity contribution in [1.82, 2.24) is 0 Å². The number of benzene rings is 2. The molecule has 0 aliphatic heterocycles. The van der Waals surface area contributed by atoms with Crippen molar-refractivity contribution in [1.29, 1.82) is 0 Å². The quantitative estimate of drug-likeness (QED) is 0.391. The molecule has 0 radical (unpaired) electrons. The van der Waals surface area contributed by atoms with Gasteiger partial charge in [-0.15, -0.1) is 0 Å². The zero-order valence-corrected chi connectivity index (χ0v) is 10.5. The smallest absolute Gasteiger partial charge is 0.269 e. The Kier molecular flexibility index (Phi) is 4.24. The number of aldehydes is 1. The summed E-state index contributed by atoms with van der Waals surface area (Å²) in [6.45, 7) is 0. The van der Waals surface area contributed by atoms with E-state index in [2.05, 4.69) is 5.32 Å². The summed E-state index contributed by atoms with van der Waals surface area (Å²) in [6.07, 6.45) is 2.28. The Hall–Kier alpha value is -2.95. The van der Waals surface area contributed by atoms with E-state index in [0.29, 0.717) is 17.4 Å². The predicted molar refractivity (Wildman–Crippen MR) is 77.2 cm³/mol. The highest BCUT2D eigenvalue weighted by Gasteiger charge is 2.06. The lowest BCUT2D eigenvalue weighted by atomic mass is 10.1. The van der Waals surface area contributed by atoms with Crippen LogP contribution >= 0.6 is 0 Å². The molecule has 0 unspecified atom stereocenters. The summed E-state index contributed by atoms with van der Waals surface area (Å²) in [6, 6.07) is 15.2. The van der Waals surface area contributed by atoms with E-state index in [-0.39, 0.29) is 5.69 Å². The van der Waals surface area contributed by atoms with Crippen molar-refractivity contribution >= 4 is 23.2 Å². The molecule has 0 bridgehead atoms. The summed E-state index contributed by atoms with van der Waals surface area (Å²) in [5, 5.41) is 13.6. The zero-order valence-electron chi connectivity index (χ0n) is 10.5. The third-order valence-corrected chi connectivity index (χ3v) is 2.71. The molecule has 0 aliphatic carbocycles. The predicted octanol–water partition coefficient (Wildman–Crippen LogP) is 3.25. The molecular weight excluding hydrogens is 256 g/mol. The van der Waals surface area contributed by atoms with Crippen molar-refractivity contribution in [3.8, 4) is 0 Å². The number of anilines is 1. The van der Waals surface area contributed by atoms with Gasteiger partial charge in [0.25, 0.3) is 5.69 Å². The van der Waals surface area contributed by atoms with Crippen LogP contribution < -0.4 is 5.32 Å². The fraction of sp³-hybridized carbons (Fsp3) is 0. The number of nitro groups is 1. The van der Waals surface area contributed by atoms with E-state index in [1.807, 2.05) is 30.3 Å². The van der Waals surface area contributed by atoms with E-state index in [1.54, 1.807) is 18.3 Å². The Labute approximate surface area is 115 Å². The number of allylic oxidation sites excluding steroid dienone is 1. The van der Waals surface area contributed by atoms with Crippen molar-refractivity contribution in [3.05, 3.63) is 76.5 Å². The molecule has 0 atom stereocenters. The lowest BCUT2D eigenvalue weighted by molar-refractivity contribution is -0.384. The summed E-state index contributed by atoms with van der Waals surface area (Å²) in [4.78, 5) is 21.2. The van der Waals surface area contributed by atoms with E-state index in [4.69, 9.17) is 0 Å². The highest BCUT2D eigenvalue weighted by atomic mass is 16.6. The average Bonchev–Trinajstić information content (AvgIpc) is 2.49. The second-order valence-corrected chi connectivity index (χ2v) is 4.03. The number of nitrogens with one attached hydrogen (secondary N) is 1. The summed E-state index contributed by atoms with van der Waals surface area (Å²) < 4.78 is 0. The second kappa shape index (κ2) is 6.29. The second-order valence-electron chi connectivity index (χ2n) is 4.03. The zero-order chi connectivity index (χ0) is 14.4. The van der Waals surface area contributed by atoms with Crippen molar-refractivity contribution in [2.75, 3.05) is 5.32 Å². The number of nitrogens with zero attached hydrogens (tertiary/aromatic N) is 1. The highest BCUT2D eigenvalue weighted by Crippen LogP contribution is 2.18. The number of nitro benzene ring substituents is 1. The first kappa shape index (κ1) is 13.5. The molecule has 0 saturated heterocycles. The number of para-hydroxylation sites is 1. The normalized spacial score (nSPS) is 10.9. The van der Waals surface area contributed by atoms with Crippen LogP contribution in [0.25, 0.3) is 5.57 Å². The molecule has 0 aromatic heterocycles. The lowest BCUT2D eigenvalue weighted by Crippen LogP contribution is -1.94. The third-order valence-electron chi connectivity index (χ3n) is 2.71. The average molecular weight is 268 g/mol. The van der Waals surface area contributed by atoms with Crippen LogP contribution in [0.3, 0.4) is 0 Å². The van der Waals surface area contributed by atoms with Crippen LogP contribution in [0, 0.1) is 10.1 Å². The van der Waals surface area contributed by atoms with Crippen LogP contribution in [0.1, 0.15) is 5.56 Å². The number of carbonyl (C=O) groups is 1. The van der Waals surface area contributed by atoms with Gasteiger partial charge in [0.05, 0.1) is 4.92 Å². The highest BCUT2D eigenvalue weighted by molar-refractivity contribution is 6.07. The van der Waals surface area contributed by atoms with E-state index >= 15 is 0 Å². The van der Waals surface area contributed by atoms with Crippen LogP contribution in [0.4, 0.5) is 11.4 Å². The molecule has 0 aliphatic rings. The van der Waals surface area contributed by atoms with Crippen molar-refractivity contribution in [2.24, 2.45) is 0 Å². The first-order chi connectivity index (χ1) is 9.70. The first-order valence-electron chi connectivity index (χ1n) is 5.92. The Morgan fingerprint density at radius 3 is 2.25 bits per heavy atom. The van der Waals surface area contributed by atoms with Gasteiger partial charge in [-0.2, -0.15) is 0 Å². The van der Waals surface area contributed by atoms with Gasteiger partial charge in [0, 0.05) is 29.6 Å². The van der Waals surface area contributed by atoms with Crippen LogP contribution in [-0.4, -0.2) is 11.2 Å². The topological polar surface area (TPSA) is 72.2 Å². The van der Waals surface area contributed by atoms with Gasteiger partial charge in [-0.05, 0) is 29.8 Å². The SMILES string of the molecule is O=C/C(=C\Nc1ccccc1)c1ccc([N+](=O)[O-])cc1. The maximum absolute atomic E-state index is 11.1. The molecule has 100 valence electrons. The van der Waals surface area contributed by atoms with E-state index in [1.165, 1.54) is 12.1 Å². The molecule has 0 saturated carbocycles. The van der Waals surface area contributed by atoms with Gasteiger partial charge in [0.2, 0.25) is 0 Å². The molecule has 0 fully saturated rings. The van der Waals surface area contributed by atoms with Gasteiger partial charge in [0.1, 0.15) is 0 Å². The van der Waals surface area contributed by atoms with Gasteiger partial charge < -0.3 is 5.32 Å². The van der Waals surface area contributed by atoms with Crippen LogP contribution in [0.5, 0.6) is 0 Å². The van der Waals surface area contributed by atoms with Crippen molar-refractivity contribution in [2.45, 2.75) is 0 Å². The minimum atomic E-state index is -0.476. The molecule has 2 rings (SSSR count). The van der Waals surface area contributed by atoms with Crippen molar-refractivity contribution in [3.63, 3.8) is 0 Å². The number of carbonyl (C=O) groups excluding carboxylic acids is 1. The Morgan fingerprint density at radius 1 is 1.05 bits per heavy atom. The third kappa shape index (κ3) is 3.29. The van der Waals surface area contributed by atoms with E-state index in [9.17, 15) is 14.9 Å². The number of hydrogen-bond acceptors (Lipinski definition) is 4. The van der Waals surface area contributed by atoms with Gasteiger partial charge in [-0.1, -0.05) is 18.2 Å². The Morgan fingerprint density at radius 2 is 1.70 bits per heavy atom. The van der Waals surface area contributed by atoms with E-state index < -0.39 is 4.92 Å². The molecule has 2 aromatic rings. The van der Waals surface area contributed by atoms with Gasteiger partial charge in [-0.3, -0.25) is 14.9 Å². The van der Waals surface area contributed by atoms with Crippen molar-refractivity contribution < 1.29 is 9.72 Å². The molecule has 1 N–H and O–H groups in total. The molecule has 2 aromatic carbocycles. The maximum atomic E-state index is 11.1. The Bertz CT molecular complexity index is 634. The Balaban J connectivity index is 2.19. The molecule has 0 heterocycles. The molecule has 5 heteroatoms. The fourth-order valence-electron chi connectivity index (χ4n) is 1.66. The standard InChI is InChI=1S/C15H12N2O3/c18-11-13(10-16-14-4-2-1-3-5-14)12-6-8-15(9-7-12)17(19)20/h1-11,16H/b13-10+. The number of non-ortho nitro benzene ring substituents is 1. The minimum absolute atomic E-state index is 0.00461. The molecule has 0 amide bonds. The molecule has 0 spiro atoms. The number of rotatable bonds is 5. The van der Waals surface area contributed by atoms with Crippen LogP contribution in [0.15, 0.2) is 60.8 Å². The van der Waals surface area contributed by atoms with Gasteiger partial charge >= 0.3 is 0 Å². The van der Waals surface area contributed by atoms with Gasteiger partial charge in [0.15, 0.2) is 6.29 Å². The summed E-state index contributed by atoms with van der Waals surface area (Å²) in [7, 11) is 0. The molecule has 5 nitrogen and oxygen atoms in total. The minimum Gasteiger partial charge on any atom is -0.361 e. The molecular formula is C15H12N2O3. The molecule has 20 heavy (non-hydrogen) atoms. The van der Waals surface area contributed by atoms with Crippen LogP contribution in [0.2, 0.25) is 0 Å². The summed E-state index contributed by atoms with van der Waals surface area (Å²) in [5.74, 6) is 0. The fourth-order valence-corrected chi connectivity index (χ4v) is 1.66. The van der Waals surface area contributed by atoms with Gasteiger partial charge in [-0.25, -0.2) is 0 Å². The monoisotopic (exact) mass is 268 g/mol.